The van der Waals surface area contributed by atoms with Gasteiger partial charge in [-0.1, -0.05) is 28.9 Å². The van der Waals surface area contributed by atoms with E-state index in [4.69, 9.17) is 11.6 Å². The van der Waals surface area contributed by atoms with Crippen LogP contribution in [0.2, 0.25) is 5.02 Å². The maximum atomic E-state index is 15.5. The molecule has 6 rings (SSSR count). The van der Waals surface area contributed by atoms with Crippen LogP contribution in [0, 0.1) is 11.0 Å². The van der Waals surface area contributed by atoms with Gasteiger partial charge in [0, 0.05) is 37.5 Å². The number of aryl methyl sites for hydroxylation is 1. The first-order chi connectivity index (χ1) is 21.9. The molecule has 0 radical (unpaired) electrons. The number of carboxylic acids is 1. The summed E-state index contributed by atoms with van der Waals surface area (Å²) >= 11 is 6.04. The van der Waals surface area contributed by atoms with E-state index in [1.54, 1.807) is 53.2 Å². The molecule has 0 aliphatic carbocycles. The van der Waals surface area contributed by atoms with Gasteiger partial charge in [-0.3, -0.25) is 9.36 Å². The molecule has 0 saturated carbocycles. The maximum Gasteiger partial charge on any atom is 0.436 e. The number of aromatic nitrogens is 8. The van der Waals surface area contributed by atoms with Crippen molar-refractivity contribution in [1.82, 2.24) is 34.6 Å². The van der Waals surface area contributed by atoms with Crippen molar-refractivity contribution in [3.05, 3.63) is 124 Å². The second-order valence-electron chi connectivity index (χ2n) is 10.3. The Labute approximate surface area is 262 Å². The Balaban J connectivity index is 1.41. The lowest BCUT2D eigenvalue weighted by atomic mass is 10.0. The Kier molecular flexibility index (Phi) is 7.77. The summed E-state index contributed by atoms with van der Waals surface area (Å²) in [4.78, 5) is 11.3. The number of hydrogen-bond acceptors (Lipinski definition) is 6. The molecule has 0 fully saturated rings. The SMILES string of the molecule is Cn1ccc(C[C@H](c2ccc(-c3c(-n4cc(C(F)(F)F)nn4)ccc(Cl)c3F)c[n+]2[O-])n2cc(-c3ccc(C(=O)O)cc3)cn2)n1. The highest BCUT2D eigenvalue weighted by atomic mass is 35.5. The van der Waals surface area contributed by atoms with Crippen molar-refractivity contribution in [1.29, 1.82) is 0 Å². The highest BCUT2D eigenvalue weighted by Crippen LogP contribution is 2.35. The van der Waals surface area contributed by atoms with Gasteiger partial charge in [-0.2, -0.15) is 28.1 Å². The molecule has 11 nitrogen and oxygen atoms in total. The largest absolute Gasteiger partial charge is 0.618 e. The van der Waals surface area contributed by atoms with Crippen molar-refractivity contribution in [2.24, 2.45) is 7.05 Å². The summed E-state index contributed by atoms with van der Waals surface area (Å²) in [5, 5.41) is 38.1. The molecule has 0 amide bonds. The van der Waals surface area contributed by atoms with Crippen LogP contribution in [0.4, 0.5) is 17.6 Å². The summed E-state index contributed by atoms with van der Waals surface area (Å²) in [5.41, 5.74) is 0.704. The lowest BCUT2D eigenvalue weighted by Gasteiger charge is -2.18. The van der Waals surface area contributed by atoms with Crippen molar-refractivity contribution in [3.63, 3.8) is 0 Å². The smallest absolute Gasteiger partial charge is 0.436 e. The fourth-order valence-electron chi connectivity index (χ4n) is 4.98. The number of pyridine rings is 1. The van der Waals surface area contributed by atoms with Gasteiger partial charge in [-0.25, -0.2) is 13.9 Å². The summed E-state index contributed by atoms with van der Waals surface area (Å²) in [7, 11) is 1.75. The minimum absolute atomic E-state index is 0.0223. The molecule has 46 heavy (non-hydrogen) atoms. The molecule has 0 saturated heterocycles. The second-order valence-corrected chi connectivity index (χ2v) is 10.7. The van der Waals surface area contributed by atoms with Crippen molar-refractivity contribution in [3.8, 4) is 27.9 Å². The number of rotatable bonds is 8. The van der Waals surface area contributed by atoms with E-state index >= 15 is 4.39 Å². The number of benzene rings is 2. The highest BCUT2D eigenvalue weighted by Gasteiger charge is 2.35. The van der Waals surface area contributed by atoms with Crippen LogP contribution >= 0.6 is 11.6 Å². The summed E-state index contributed by atoms with van der Waals surface area (Å²) in [5.74, 6) is -2.02. The van der Waals surface area contributed by atoms with Gasteiger partial charge in [0.2, 0.25) is 5.69 Å². The van der Waals surface area contributed by atoms with E-state index in [9.17, 15) is 28.3 Å². The number of nitrogens with zero attached hydrogens (tertiary/aromatic N) is 8. The topological polar surface area (TPSA) is 131 Å². The van der Waals surface area contributed by atoms with E-state index in [2.05, 4.69) is 20.5 Å². The predicted molar refractivity (Wildman–Crippen MR) is 155 cm³/mol. The molecule has 1 atom stereocenters. The van der Waals surface area contributed by atoms with Crippen LogP contribution in [-0.4, -0.2) is 45.6 Å². The molecular formula is C30H21ClF4N8O3. The van der Waals surface area contributed by atoms with Gasteiger partial charge >= 0.3 is 12.1 Å². The molecule has 4 heterocycles. The van der Waals surface area contributed by atoms with Crippen molar-refractivity contribution in [2.45, 2.75) is 18.6 Å². The van der Waals surface area contributed by atoms with Crippen LogP contribution in [0.5, 0.6) is 0 Å². The van der Waals surface area contributed by atoms with Crippen LogP contribution < -0.4 is 4.73 Å². The second kappa shape index (κ2) is 11.7. The predicted octanol–water partition coefficient (Wildman–Crippen LogP) is 5.51. The van der Waals surface area contributed by atoms with Gasteiger partial charge in [0.05, 0.1) is 45.5 Å². The Bertz CT molecular complexity index is 2070. The van der Waals surface area contributed by atoms with Crippen molar-refractivity contribution >= 4 is 17.6 Å². The van der Waals surface area contributed by atoms with Crippen LogP contribution in [0.25, 0.3) is 27.9 Å². The first kappa shape index (κ1) is 30.5. The molecule has 0 spiro atoms. The van der Waals surface area contributed by atoms with Crippen molar-refractivity contribution in [2.75, 3.05) is 0 Å². The Hall–Kier alpha value is -5.57. The van der Waals surface area contributed by atoms with E-state index in [0.717, 1.165) is 16.9 Å². The van der Waals surface area contributed by atoms with Crippen LogP contribution in [0.15, 0.2) is 85.6 Å². The van der Waals surface area contributed by atoms with E-state index in [0.29, 0.717) is 27.7 Å². The van der Waals surface area contributed by atoms with Gasteiger partial charge in [0.1, 0.15) is 6.04 Å². The Morgan fingerprint density at radius 3 is 2.41 bits per heavy atom. The quantitative estimate of drug-likeness (QED) is 0.130. The monoisotopic (exact) mass is 652 g/mol. The van der Waals surface area contributed by atoms with Crippen LogP contribution in [0.1, 0.15) is 33.5 Å². The van der Waals surface area contributed by atoms with Gasteiger partial charge in [-0.05, 0) is 42.0 Å². The van der Waals surface area contributed by atoms with E-state index in [1.807, 2.05) is 0 Å². The average Bonchev–Trinajstić information content (AvgIpc) is 3.79. The molecule has 0 unspecified atom stereocenters. The number of alkyl halides is 3. The van der Waals surface area contributed by atoms with Gasteiger partial charge in [-0.15, -0.1) is 5.10 Å². The molecule has 2 aromatic carbocycles. The zero-order chi connectivity index (χ0) is 32.7. The van der Waals surface area contributed by atoms with E-state index in [1.165, 1.54) is 30.3 Å². The molecule has 0 bridgehead atoms. The summed E-state index contributed by atoms with van der Waals surface area (Å²) in [6.45, 7) is 0. The Morgan fingerprint density at radius 1 is 1.04 bits per heavy atom. The van der Waals surface area contributed by atoms with Gasteiger partial charge in [0.25, 0.3) is 0 Å². The first-order valence-corrected chi connectivity index (χ1v) is 13.8. The molecule has 0 aliphatic heterocycles. The third-order valence-corrected chi connectivity index (χ3v) is 7.53. The Morgan fingerprint density at radius 2 is 1.78 bits per heavy atom. The minimum atomic E-state index is -4.78. The third-order valence-electron chi connectivity index (χ3n) is 7.24. The highest BCUT2D eigenvalue weighted by molar-refractivity contribution is 6.31. The lowest BCUT2D eigenvalue weighted by Crippen LogP contribution is -2.36. The van der Waals surface area contributed by atoms with Crippen molar-refractivity contribution < 1.29 is 32.2 Å². The van der Waals surface area contributed by atoms with E-state index < -0.39 is 29.7 Å². The molecular weight excluding hydrogens is 632 g/mol. The summed E-state index contributed by atoms with van der Waals surface area (Å²) < 4.78 is 59.6. The van der Waals surface area contributed by atoms with Crippen LogP contribution in [0.3, 0.4) is 0 Å². The number of aromatic carboxylic acids is 1. The average molecular weight is 653 g/mol. The zero-order valence-corrected chi connectivity index (χ0v) is 24.4. The van der Waals surface area contributed by atoms with Gasteiger partial charge in [0.15, 0.2) is 17.7 Å². The van der Waals surface area contributed by atoms with Gasteiger partial charge < -0.3 is 10.3 Å². The number of carbonyl (C=O) groups is 1. The fourth-order valence-corrected chi connectivity index (χ4v) is 5.14. The number of hydrogen-bond donors (Lipinski definition) is 1. The van der Waals surface area contributed by atoms with E-state index in [-0.39, 0.29) is 39.5 Å². The molecule has 16 heteroatoms. The molecule has 4 aromatic heterocycles. The molecule has 0 aliphatic rings. The summed E-state index contributed by atoms with van der Waals surface area (Å²) in [6, 6.07) is 12.7. The van der Waals surface area contributed by atoms with Crippen LogP contribution in [-0.2, 0) is 19.6 Å². The third kappa shape index (κ3) is 5.91. The maximum absolute atomic E-state index is 15.5. The number of halogens is 5. The summed E-state index contributed by atoms with van der Waals surface area (Å²) in [6.07, 6.45) is 2.18. The normalized spacial score (nSPS) is 12.4. The molecule has 1 N–H and O–H groups in total. The zero-order valence-electron chi connectivity index (χ0n) is 23.6. The lowest BCUT2D eigenvalue weighted by molar-refractivity contribution is -0.615. The minimum Gasteiger partial charge on any atom is -0.618 e. The first-order valence-electron chi connectivity index (χ1n) is 13.5. The standard InChI is InChI=1S/C30H21ClF4N8O3/c1-40-11-10-21(38-40)12-25(41-14-20(13-36-41)17-2-4-18(5-3-17)29(44)45)23-8-6-19(15-43(23)46)27-24(9-7-22(31)28(27)32)42-16-26(37-39-42)30(33,34)35/h2-11,13-16,25H,12H2,1H3,(H,44,45)/t25-/m1/s1. The molecule has 234 valence electrons. The fraction of sp³-hybridized carbons (Fsp3) is 0.133. The molecule has 6 aromatic rings. The number of carboxylic acid groups (broad SMARTS) is 1.